The molecule has 0 aromatic carbocycles. The Morgan fingerprint density at radius 2 is 2.40 bits per heavy atom. The third-order valence-corrected chi connectivity index (χ3v) is 3.33. The van der Waals surface area contributed by atoms with Gasteiger partial charge in [-0.05, 0) is 19.4 Å². The van der Waals surface area contributed by atoms with E-state index in [1.807, 2.05) is 13.0 Å². The number of hydrogen-bond donors (Lipinski definition) is 1. The van der Waals surface area contributed by atoms with Gasteiger partial charge in [-0.15, -0.1) is 22.9 Å². The maximum Gasteiger partial charge on any atom is 0.259 e. The summed E-state index contributed by atoms with van der Waals surface area (Å²) in [5.41, 5.74) is -0.0473. The van der Waals surface area contributed by atoms with Crippen LogP contribution in [0.1, 0.15) is 17.1 Å². The van der Waals surface area contributed by atoms with Gasteiger partial charge in [0.25, 0.3) is 5.56 Å². The SMILES string of the molecule is Cc1cc2c(=O)[nH]c(CCCCl)nc2s1. The van der Waals surface area contributed by atoms with Gasteiger partial charge in [0.05, 0.1) is 5.39 Å². The summed E-state index contributed by atoms with van der Waals surface area (Å²) in [6.07, 6.45) is 1.56. The van der Waals surface area contributed by atoms with E-state index < -0.39 is 0 Å². The fourth-order valence-electron chi connectivity index (χ4n) is 1.45. The summed E-state index contributed by atoms with van der Waals surface area (Å²) < 4.78 is 0. The van der Waals surface area contributed by atoms with Crippen molar-refractivity contribution in [3.8, 4) is 0 Å². The van der Waals surface area contributed by atoms with Crippen molar-refractivity contribution in [1.82, 2.24) is 9.97 Å². The molecule has 0 aliphatic rings. The van der Waals surface area contributed by atoms with Crippen molar-refractivity contribution in [2.24, 2.45) is 0 Å². The maximum atomic E-state index is 11.7. The summed E-state index contributed by atoms with van der Waals surface area (Å²) in [5, 5.41) is 0.687. The van der Waals surface area contributed by atoms with Crippen molar-refractivity contribution >= 4 is 33.2 Å². The third-order valence-electron chi connectivity index (χ3n) is 2.12. The second-order valence-corrected chi connectivity index (χ2v) is 4.99. The number of halogens is 1. The second-order valence-electron chi connectivity index (χ2n) is 3.38. The highest BCUT2D eigenvalue weighted by Crippen LogP contribution is 2.19. The Balaban J connectivity index is 2.47. The summed E-state index contributed by atoms with van der Waals surface area (Å²) in [4.78, 5) is 20.8. The Morgan fingerprint density at radius 3 is 3.13 bits per heavy atom. The number of fused-ring (bicyclic) bond motifs is 1. The molecule has 2 aromatic rings. The Labute approximate surface area is 96.1 Å². The van der Waals surface area contributed by atoms with Crippen molar-refractivity contribution in [1.29, 1.82) is 0 Å². The molecule has 0 aliphatic heterocycles. The molecular weight excluding hydrogens is 232 g/mol. The molecule has 0 spiro atoms. The van der Waals surface area contributed by atoms with Crippen LogP contribution in [0, 0.1) is 6.92 Å². The van der Waals surface area contributed by atoms with Gasteiger partial charge >= 0.3 is 0 Å². The average Bonchev–Trinajstić information content (AvgIpc) is 2.56. The second kappa shape index (κ2) is 4.33. The number of rotatable bonds is 3. The number of H-pyrrole nitrogens is 1. The minimum Gasteiger partial charge on any atom is -0.310 e. The van der Waals surface area contributed by atoms with Crippen LogP contribution in [-0.4, -0.2) is 15.8 Å². The van der Waals surface area contributed by atoms with Crippen LogP contribution in [0.2, 0.25) is 0 Å². The molecule has 80 valence electrons. The predicted octanol–water partition coefficient (Wildman–Crippen LogP) is 2.46. The summed E-state index contributed by atoms with van der Waals surface area (Å²) >= 11 is 7.15. The molecule has 0 atom stereocenters. The standard InChI is InChI=1S/C10H11ClN2OS/c1-6-5-7-9(14)12-8(3-2-4-11)13-10(7)15-6/h5H,2-4H2,1H3,(H,12,13,14). The Morgan fingerprint density at radius 1 is 1.60 bits per heavy atom. The minimum atomic E-state index is -0.0473. The highest BCUT2D eigenvalue weighted by Gasteiger charge is 2.06. The van der Waals surface area contributed by atoms with Gasteiger partial charge in [0.15, 0.2) is 0 Å². The Bertz CT molecular complexity index is 532. The van der Waals surface area contributed by atoms with E-state index in [1.165, 1.54) is 0 Å². The van der Waals surface area contributed by atoms with E-state index in [4.69, 9.17) is 11.6 Å². The van der Waals surface area contributed by atoms with E-state index in [-0.39, 0.29) is 5.56 Å². The van der Waals surface area contributed by atoms with Gasteiger partial charge in [0.1, 0.15) is 10.7 Å². The number of hydrogen-bond acceptors (Lipinski definition) is 3. The molecule has 0 saturated carbocycles. The fraction of sp³-hybridized carbons (Fsp3) is 0.400. The van der Waals surface area contributed by atoms with Crippen molar-refractivity contribution in [3.63, 3.8) is 0 Å². The van der Waals surface area contributed by atoms with Crippen molar-refractivity contribution in [2.45, 2.75) is 19.8 Å². The van der Waals surface area contributed by atoms with Gasteiger partial charge < -0.3 is 4.98 Å². The van der Waals surface area contributed by atoms with Gasteiger partial charge in [-0.25, -0.2) is 4.98 Å². The normalized spacial score (nSPS) is 11.1. The molecule has 0 aliphatic carbocycles. The molecule has 2 aromatic heterocycles. The van der Waals surface area contributed by atoms with E-state index in [0.717, 1.165) is 28.4 Å². The van der Waals surface area contributed by atoms with Crippen LogP contribution in [0.4, 0.5) is 0 Å². The highest BCUT2D eigenvalue weighted by molar-refractivity contribution is 7.18. The van der Waals surface area contributed by atoms with Gasteiger partial charge in [0.2, 0.25) is 0 Å². The topological polar surface area (TPSA) is 45.8 Å². The number of nitrogens with zero attached hydrogens (tertiary/aromatic N) is 1. The summed E-state index contributed by atoms with van der Waals surface area (Å²) in [6, 6.07) is 1.87. The predicted molar refractivity (Wildman–Crippen MR) is 64.0 cm³/mol. The summed E-state index contributed by atoms with van der Waals surface area (Å²) in [6.45, 7) is 1.98. The van der Waals surface area contributed by atoms with E-state index in [0.29, 0.717) is 11.3 Å². The van der Waals surface area contributed by atoms with E-state index in [2.05, 4.69) is 9.97 Å². The first kappa shape index (κ1) is 10.6. The molecule has 1 N–H and O–H groups in total. The van der Waals surface area contributed by atoms with Crippen LogP contribution in [-0.2, 0) is 6.42 Å². The van der Waals surface area contributed by atoms with Crippen LogP contribution in [0.3, 0.4) is 0 Å². The molecule has 3 nitrogen and oxygen atoms in total. The number of aryl methyl sites for hydroxylation is 2. The first-order valence-corrected chi connectivity index (χ1v) is 6.11. The van der Waals surface area contributed by atoms with E-state index in [9.17, 15) is 4.79 Å². The third kappa shape index (κ3) is 2.21. The number of nitrogens with one attached hydrogen (secondary N) is 1. The van der Waals surface area contributed by atoms with Crippen LogP contribution in [0.25, 0.3) is 10.2 Å². The van der Waals surface area contributed by atoms with Crippen LogP contribution < -0.4 is 5.56 Å². The molecule has 0 unspecified atom stereocenters. The smallest absolute Gasteiger partial charge is 0.259 e. The van der Waals surface area contributed by atoms with Crippen LogP contribution >= 0.6 is 22.9 Å². The lowest BCUT2D eigenvalue weighted by atomic mass is 10.3. The van der Waals surface area contributed by atoms with Gasteiger partial charge in [0, 0.05) is 17.2 Å². The van der Waals surface area contributed by atoms with Gasteiger partial charge in [-0.1, -0.05) is 0 Å². The van der Waals surface area contributed by atoms with Gasteiger partial charge in [-0.2, -0.15) is 0 Å². The minimum absolute atomic E-state index is 0.0473. The van der Waals surface area contributed by atoms with Crippen molar-refractivity contribution in [2.75, 3.05) is 5.88 Å². The fourth-order valence-corrected chi connectivity index (χ4v) is 2.48. The number of thiophene rings is 1. The molecule has 2 rings (SSSR count). The van der Waals surface area contributed by atoms with E-state index in [1.54, 1.807) is 11.3 Å². The molecule has 0 saturated heterocycles. The molecule has 0 amide bonds. The molecular formula is C10H11ClN2OS. The summed E-state index contributed by atoms with van der Waals surface area (Å²) in [5.74, 6) is 1.32. The molecule has 0 radical (unpaired) electrons. The molecule has 0 bridgehead atoms. The largest absolute Gasteiger partial charge is 0.310 e. The van der Waals surface area contributed by atoms with Gasteiger partial charge in [-0.3, -0.25) is 4.79 Å². The average molecular weight is 243 g/mol. The maximum absolute atomic E-state index is 11.7. The van der Waals surface area contributed by atoms with Crippen molar-refractivity contribution < 1.29 is 0 Å². The van der Waals surface area contributed by atoms with Crippen molar-refractivity contribution in [3.05, 3.63) is 27.1 Å². The van der Waals surface area contributed by atoms with Crippen LogP contribution in [0.15, 0.2) is 10.9 Å². The lowest BCUT2D eigenvalue weighted by molar-refractivity contribution is 0.843. The zero-order chi connectivity index (χ0) is 10.8. The molecule has 5 heteroatoms. The molecule has 2 heterocycles. The van der Waals surface area contributed by atoms with E-state index >= 15 is 0 Å². The zero-order valence-electron chi connectivity index (χ0n) is 8.34. The number of alkyl halides is 1. The van der Waals surface area contributed by atoms with Crippen LogP contribution in [0.5, 0.6) is 0 Å². The molecule has 0 fully saturated rings. The number of aromatic amines is 1. The quantitative estimate of drug-likeness (QED) is 0.841. The monoisotopic (exact) mass is 242 g/mol. The lowest BCUT2D eigenvalue weighted by Gasteiger charge is -1.97. The zero-order valence-corrected chi connectivity index (χ0v) is 9.91. The first-order chi connectivity index (χ1) is 7.20. The first-order valence-electron chi connectivity index (χ1n) is 4.76. The lowest BCUT2D eigenvalue weighted by Crippen LogP contribution is -2.10. The molecule has 15 heavy (non-hydrogen) atoms. The Hall–Kier alpha value is -0.870. The Kier molecular flexibility index (Phi) is 3.07. The summed E-state index contributed by atoms with van der Waals surface area (Å²) in [7, 11) is 0. The number of aromatic nitrogens is 2. The highest BCUT2D eigenvalue weighted by atomic mass is 35.5.